The zero-order chi connectivity index (χ0) is 22.0. The summed E-state index contributed by atoms with van der Waals surface area (Å²) in [4.78, 5) is 26.8. The van der Waals surface area contributed by atoms with Crippen LogP contribution in [0.2, 0.25) is 0 Å². The van der Waals surface area contributed by atoms with E-state index in [0.717, 1.165) is 63.5 Å². The molecule has 1 amide bonds. The predicted octanol–water partition coefficient (Wildman–Crippen LogP) is 3.25. The molecule has 0 unspecified atom stereocenters. The fourth-order valence-electron chi connectivity index (χ4n) is 4.15. The number of aromatic nitrogens is 2. The zero-order valence-electron chi connectivity index (χ0n) is 18.6. The van der Waals surface area contributed by atoms with Gasteiger partial charge in [-0.1, -0.05) is 13.8 Å². The highest BCUT2D eigenvalue weighted by Gasteiger charge is 2.27. The Kier molecular flexibility index (Phi) is 6.09. The molecule has 0 saturated carbocycles. The van der Waals surface area contributed by atoms with E-state index in [9.17, 15) is 9.18 Å². The molecule has 2 aromatic rings. The Balaban J connectivity index is 1.61. The summed E-state index contributed by atoms with van der Waals surface area (Å²) in [5.74, 6) is -0.438. The van der Waals surface area contributed by atoms with E-state index in [2.05, 4.69) is 63.0 Å². The van der Waals surface area contributed by atoms with Gasteiger partial charge in [0.15, 0.2) is 0 Å². The molecule has 7 nitrogen and oxygen atoms in total. The molecule has 2 saturated heterocycles. The number of hydrogen-bond acceptors (Lipinski definition) is 6. The number of rotatable bonds is 4. The SMILES string of the molecule is CN1CCN(c2ccc(NC(=O)c3ccnc(F)n3)c(N3CCC(C)(C)CC3)c2)CC1. The van der Waals surface area contributed by atoms with Crippen LogP contribution in [0.3, 0.4) is 0 Å². The van der Waals surface area contributed by atoms with Crippen LogP contribution in [-0.4, -0.2) is 67.1 Å². The molecule has 0 atom stereocenters. The average Bonchev–Trinajstić information content (AvgIpc) is 2.75. The molecule has 3 heterocycles. The van der Waals surface area contributed by atoms with Gasteiger partial charge in [-0.2, -0.15) is 9.37 Å². The van der Waals surface area contributed by atoms with E-state index in [1.54, 1.807) is 0 Å². The second kappa shape index (κ2) is 8.78. The van der Waals surface area contributed by atoms with Crippen molar-refractivity contribution in [2.24, 2.45) is 5.41 Å². The smallest absolute Gasteiger partial charge is 0.309 e. The molecule has 2 fully saturated rings. The second-order valence-electron chi connectivity index (χ2n) is 9.31. The number of hydrogen-bond donors (Lipinski definition) is 1. The highest BCUT2D eigenvalue weighted by molar-refractivity contribution is 6.04. The lowest BCUT2D eigenvalue weighted by Gasteiger charge is -2.40. The molecule has 0 bridgehead atoms. The third-order valence-corrected chi connectivity index (χ3v) is 6.41. The number of nitrogens with zero attached hydrogens (tertiary/aromatic N) is 5. The minimum absolute atomic E-state index is 0.0152. The van der Waals surface area contributed by atoms with Crippen LogP contribution in [0.1, 0.15) is 37.2 Å². The van der Waals surface area contributed by atoms with Crippen LogP contribution in [0.25, 0.3) is 0 Å². The Labute approximate surface area is 183 Å². The van der Waals surface area contributed by atoms with Crippen LogP contribution in [0.4, 0.5) is 21.5 Å². The highest BCUT2D eigenvalue weighted by atomic mass is 19.1. The van der Waals surface area contributed by atoms with E-state index >= 15 is 0 Å². The lowest BCUT2D eigenvalue weighted by atomic mass is 9.82. The van der Waals surface area contributed by atoms with E-state index in [4.69, 9.17) is 0 Å². The van der Waals surface area contributed by atoms with Gasteiger partial charge in [-0.25, -0.2) is 4.98 Å². The largest absolute Gasteiger partial charge is 0.370 e. The van der Waals surface area contributed by atoms with Crippen molar-refractivity contribution in [3.05, 3.63) is 42.2 Å². The maximum atomic E-state index is 13.4. The molecular formula is C23H31FN6O. The first-order valence-electron chi connectivity index (χ1n) is 10.9. The molecule has 2 aliphatic heterocycles. The number of benzene rings is 1. The summed E-state index contributed by atoms with van der Waals surface area (Å²) in [5.41, 5.74) is 3.24. The zero-order valence-corrected chi connectivity index (χ0v) is 18.6. The van der Waals surface area contributed by atoms with Crippen molar-refractivity contribution in [1.82, 2.24) is 14.9 Å². The number of piperazine rings is 1. The van der Waals surface area contributed by atoms with Crippen molar-refractivity contribution in [3.8, 4) is 0 Å². The Morgan fingerprint density at radius 3 is 2.42 bits per heavy atom. The van der Waals surface area contributed by atoms with Gasteiger partial charge in [-0.3, -0.25) is 4.79 Å². The molecule has 1 aromatic carbocycles. The third kappa shape index (κ3) is 5.12. The van der Waals surface area contributed by atoms with Gasteiger partial charge in [-0.05, 0) is 49.6 Å². The van der Waals surface area contributed by atoms with Crippen LogP contribution in [0, 0.1) is 11.5 Å². The lowest BCUT2D eigenvalue weighted by molar-refractivity contribution is 0.102. The molecule has 0 aliphatic carbocycles. The van der Waals surface area contributed by atoms with Gasteiger partial charge < -0.3 is 20.0 Å². The number of carbonyl (C=O) groups is 1. The number of halogens is 1. The van der Waals surface area contributed by atoms with Crippen LogP contribution >= 0.6 is 0 Å². The van der Waals surface area contributed by atoms with Gasteiger partial charge in [0.2, 0.25) is 0 Å². The summed E-state index contributed by atoms with van der Waals surface area (Å²) in [7, 11) is 2.15. The lowest BCUT2D eigenvalue weighted by Crippen LogP contribution is -2.44. The first kappa shape index (κ1) is 21.5. The summed E-state index contributed by atoms with van der Waals surface area (Å²) in [6.45, 7) is 10.5. The Morgan fingerprint density at radius 1 is 1.03 bits per heavy atom. The quantitative estimate of drug-likeness (QED) is 0.758. The molecule has 8 heteroatoms. The third-order valence-electron chi connectivity index (χ3n) is 6.41. The molecular weight excluding hydrogens is 395 g/mol. The fourth-order valence-corrected chi connectivity index (χ4v) is 4.15. The number of nitrogens with one attached hydrogen (secondary N) is 1. The number of anilines is 3. The van der Waals surface area contributed by atoms with Crippen molar-refractivity contribution in [2.75, 3.05) is 61.4 Å². The summed E-state index contributed by atoms with van der Waals surface area (Å²) >= 11 is 0. The summed E-state index contributed by atoms with van der Waals surface area (Å²) in [6, 6.07) is 7.61. The fraction of sp³-hybridized carbons (Fsp3) is 0.522. The molecule has 1 N–H and O–H groups in total. The topological polar surface area (TPSA) is 64.6 Å². The number of piperidine rings is 1. The maximum Gasteiger partial charge on any atom is 0.309 e. The van der Waals surface area contributed by atoms with Crippen LogP contribution in [0.5, 0.6) is 0 Å². The van der Waals surface area contributed by atoms with E-state index < -0.39 is 12.0 Å². The van der Waals surface area contributed by atoms with Crippen molar-refractivity contribution in [1.29, 1.82) is 0 Å². The summed E-state index contributed by atoms with van der Waals surface area (Å²) in [6.07, 6.45) is 2.53. The molecule has 1 aromatic heterocycles. The van der Waals surface area contributed by atoms with E-state index in [-0.39, 0.29) is 5.69 Å². The highest BCUT2D eigenvalue weighted by Crippen LogP contribution is 2.37. The molecule has 31 heavy (non-hydrogen) atoms. The van der Waals surface area contributed by atoms with Gasteiger partial charge in [0.1, 0.15) is 5.69 Å². The molecule has 2 aliphatic rings. The van der Waals surface area contributed by atoms with Crippen molar-refractivity contribution in [2.45, 2.75) is 26.7 Å². The average molecular weight is 427 g/mol. The summed E-state index contributed by atoms with van der Waals surface area (Å²) < 4.78 is 13.4. The van der Waals surface area contributed by atoms with E-state index in [0.29, 0.717) is 5.41 Å². The Morgan fingerprint density at radius 2 is 1.74 bits per heavy atom. The standard InChI is InChI=1S/C23H31FN6O/c1-23(2)7-10-30(11-8-23)20-16-17(29-14-12-28(3)13-15-29)4-5-18(20)26-21(31)19-6-9-25-22(24)27-19/h4-6,9,16H,7-8,10-15H2,1-3H3,(H,26,31). The number of carbonyl (C=O) groups excluding carboxylic acids is 1. The van der Waals surface area contributed by atoms with Gasteiger partial charge >= 0.3 is 6.08 Å². The van der Waals surface area contributed by atoms with Gasteiger partial charge in [-0.15, -0.1) is 0 Å². The Bertz CT molecular complexity index is 931. The van der Waals surface area contributed by atoms with Gasteiger partial charge in [0.25, 0.3) is 5.91 Å². The number of likely N-dealkylation sites (N-methyl/N-ethyl adjacent to an activating group) is 1. The first-order chi connectivity index (χ1) is 14.8. The van der Waals surface area contributed by atoms with Gasteiger partial charge in [0, 0.05) is 51.2 Å². The normalized spacial score (nSPS) is 19.4. The molecule has 0 radical (unpaired) electrons. The van der Waals surface area contributed by atoms with Crippen LogP contribution in [-0.2, 0) is 0 Å². The van der Waals surface area contributed by atoms with E-state index in [1.807, 2.05) is 6.07 Å². The maximum absolute atomic E-state index is 13.4. The van der Waals surface area contributed by atoms with Gasteiger partial charge in [0.05, 0.1) is 11.4 Å². The molecule has 0 spiro atoms. The predicted molar refractivity (Wildman–Crippen MR) is 121 cm³/mol. The molecule has 4 rings (SSSR count). The minimum Gasteiger partial charge on any atom is -0.370 e. The van der Waals surface area contributed by atoms with Crippen LogP contribution in [0.15, 0.2) is 30.5 Å². The van der Waals surface area contributed by atoms with Crippen molar-refractivity contribution >= 4 is 23.0 Å². The summed E-state index contributed by atoms with van der Waals surface area (Å²) in [5, 5.41) is 2.94. The number of amides is 1. The molecule has 166 valence electrons. The monoisotopic (exact) mass is 426 g/mol. The second-order valence-corrected chi connectivity index (χ2v) is 9.31. The minimum atomic E-state index is -0.906. The Hall–Kier alpha value is -2.74. The first-order valence-corrected chi connectivity index (χ1v) is 10.9. The van der Waals surface area contributed by atoms with Crippen molar-refractivity contribution < 1.29 is 9.18 Å². The van der Waals surface area contributed by atoms with Crippen molar-refractivity contribution in [3.63, 3.8) is 0 Å². The van der Waals surface area contributed by atoms with Crippen LogP contribution < -0.4 is 15.1 Å². The van der Waals surface area contributed by atoms with E-state index in [1.165, 1.54) is 18.0 Å².